The highest BCUT2D eigenvalue weighted by atomic mass is 79.9. The molecule has 0 spiro atoms. The molecule has 1 heterocycles. The molecule has 2 aromatic rings. The van der Waals surface area contributed by atoms with E-state index in [2.05, 4.69) is 20.7 Å². The fourth-order valence-electron chi connectivity index (χ4n) is 1.92. The third kappa shape index (κ3) is 3.60. The number of hydrogen-bond donors (Lipinski definition) is 2. The number of aryl methyl sites for hydroxylation is 1. The number of nitrogens with two attached hydrogens (primary N) is 1. The Hall–Kier alpha value is -1.02. The number of hydrogen-bond acceptors (Lipinski definition) is 3. The van der Waals surface area contributed by atoms with Crippen molar-refractivity contribution >= 4 is 43.2 Å². The zero-order valence-corrected chi connectivity index (χ0v) is 14.5. The molecule has 0 saturated heterocycles. The van der Waals surface area contributed by atoms with Gasteiger partial charge in [-0.1, -0.05) is 27.5 Å². The predicted molar refractivity (Wildman–Crippen MR) is 88.0 cm³/mol. The Bertz CT molecular complexity index is 737. The van der Waals surface area contributed by atoms with Crippen molar-refractivity contribution in [1.29, 1.82) is 0 Å². The van der Waals surface area contributed by atoms with Crippen LogP contribution in [0.2, 0.25) is 5.02 Å². The monoisotopic (exact) mass is 391 g/mol. The number of halogens is 2. The Morgan fingerprint density at radius 2 is 2.10 bits per heavy atom. The van der Waals surface area contributed by atoms with Gasteiger partial charge in [0.25, 0.3) is 10.0 Å². The van der Waals surface area contributed by atoms with E-state index in [1.165, 1.54) is 0 Å². The normalized spacial score (nSPS) is 11.6. The molecular formula is C13H15BrClN3O2S. The van der Waals surface area contributed by atoms with Gasteiger partial charge in [-0.05, 0) is 31.2 Å². The maximum atomic E-state index is 12.4. The molecule has 0 atom stereocenters. The van der Waals surface area contributed by atoms with Crippen LogP contribution in [0.4, 0.5) is 5.69 Å². The molecule has 0 saturated carbocycles. The van der Waals surface area contributed by atoms with Crippen LogP contribution in [0.3, 0.4) is 0 Å². The second kappa shape index (κ2) is 6.39. The van der Waals surface area contributed by atoms with E-state index in [1.54, 1.807) is 35.0 Å². The highest BCUT2D eigenvalue weighted by Crippen LogP contribution is 2.28. The maximum absolute atomic E-state index is 12.4. The van der Waals surface area contributed by atoms with Crippen molar-refractivity contribution in [1.82, 2.24) is 4.57 Å². The summed E-state index contributed by atoms with van der Waals surface area (Å²) in [7, 11) is -3.71. The summed E-state index contributed by atoms with van der Waals surface area (Å²) < 4.78 is 29.9. The minimum Gasteiger partial charge on any atom is -0.349 e. The Balaban J connectivity index is 2.38. The Morgan fingerprint density at radius 3 is 2.67 bits per heavy atom. The molecule has 1 aromatic heterocycles. The third-order valence-electron chi connectivity index (χ3n) is 2.99. The minimum absolute atomic E-state index is 0.167. The molecule has 0 amide bonds. The largest absolute Gasteiger partial charge is 0.349 e. The van der Waals surface area contributed by atoms with Gasteiger partial charge >= 0.3 is 0 Å². The number of benzene rings is 1. The average molecular weight is 393 g/mol. The SMILES string of the molecule is CCn1cc(S(=O)(=O)Nc2cc(Br)ccc2Cl)cc1CN. The molecule has 114 valence electrons. The third-order valence-corrected chi connectivity index (χ3v) is 5.15. The van der Waals surface area contributed by atoms with E-state index in [-0.39, 0.29) is 11.4 Å². The lowest BCUT2D eigenvalue weighted by Crippen LogP contribution is -2.12. The van der Waals surface area contributed by atoms with Crippen molar-refractivity contribution in [3.8, 4) is 0 Å². The maximum Gasteiger partial charge on any atom is 0.263 e. The standard InChI is InChI=1S/C13H15BrClN3O2S/c1-2-18-8-11(6-10(18)7-16)21(19,20)17-13-5-9(14)3-4-12(13)15/h3-6,8,17H,2,7,16H2,1H3. The molecule has 0 fully saturated rings. The zero-order valence-electron chi connectivity index (χ0n) is 11.3. The molecule has 5 nitrogen and oxygen atoms in total. The van der Waals surface area contributed by atoms with Crippen LogP contribution in [0.15, 0.2) is 39.8 Å². The van der Waals surface area contributed by atoms with Gasteiger partial charge in [-0.2, -0.15) is 0 Å². The Morgan fingerprint density at radius 1 is 1.38 bits per heavy atom. The molecule has 8 heteroatoms. The van der Waals surface area contributed by atoms with Gasteiger partial charge in [-0.25, -0.2) is 8.42 Å². The van der Waals surface area contributed by atoms with Crippen molar-refractivity contribution in [2.24, 2.45) is 5.73 Å². The van der Waals surface area contributed by atoms with Gasteiger partial charge in [-0.3, -0.25) is 4.72 Å². The highest BCUT2D eigenvalue weighted by Gasteiger charge is 2.19. The van der Waals surface area contributed by atoms with Crippen LogP contribution < -0.4 is 10.5 Å². The molecule has 0 radical (unpaired) electrons. The van der Waals surface area contributed by atoms with E-state index in [4.69, 9.17) is 17.3 Å². The second-order valence-electron chi connectivity index (χ2n) is 4.39. The number of sulfonamides is 1. The van der Waals surface area contributed by atoms with Gasteiger partial charge in [0.1, 0.15) is 4.90 Å². The van der Waals surface area contributed by atoms with Crippen molar-refractivity contribution in [3.05, 3.63) is 45.7 Å². The summed E-state index contributed by atoms with van der Waals surface area (Å²) in [5.74, 6) is 0. The van der Waals surface area contributed by atoms with Crippen LogP contribution in [0.25, 0.3) is 0 Å². The molecule has 0 aliphatic heterocycles. The topological polar surface area (TPSA) is 77.1 Å². The molecule has 0 unspecified atom stereocenters. The molecule has 21 heavy (non-hydrogen) atoms. The molecule has 2 rings (SSSR count). The van der Waals surface area contributed by atoms with Crippen LogP contribution in [0.1, 0.15) is 12.6 Å². The van der Waals surface area contributed by atoms with Gasteiger partial charge < -0.3 is 10.3 Å². The van der Waals surface area contributed by atoms with Crippen molar-refractivity contribution in [2.75, 3.05) is 4.72 Å². The lowest BCUT2D eigenvalue weighted by atomic mass is 10.3. The Kier molecular flexibility index (Phi) is 4.98. The summed E-state index contributed by atoms with van der Waals surface area (Å²) in [4.78, 5) is 0.167. The number of aromatic nitrogens is 1. The van der Waals surface area contributed by atoms with E-state index in [1.807, 2.05) is 6.92 Å². The first-order chi connectivity index (χ1) is 9.87. The number of nitrogens with zero attached hydrogens (tertiary/aromatic N) is 1. The number of anilines is 1. The molecule has 0 aliphatic carbocycles. The number of rotatable bonds is 5. The van der Waals surface area contributed by atoms with E-state index in [9.17, 15) is 8.42 Å². The van der Waals surface area contributed by atoms with Crippen molar-refractivity contribution in [3.63, 3.8) is 0 Å². The summed E-state index contributed by atoms with van der Waals surface area (Å²) in [6.07, 6.45) is 1.57. The van der Waals surface area contributed by atoms with Crippen molar-refractivity contribution < 1.29 is 8.42 Å². The van der Waals surface area contributed by atoms with Gasteiger partial charge in [0, 0.05) is 29.5 Å². The van der Waals surface area contributed by atoms with Crippen molar-refractivity contribution in [2.45, 2.75) is 24.9 Å². The molecule has 3 N–H and O–H groups in total. The van der Waals surface area contributed by atoms with E-state index < -0.39 is 10.0 Å². The molecular weight excluding hydrogens is 378 g/mol. The predicted octanol–water partition coefficient (Wildman–Crippen LogP) is 3.18. The summed E-state index contributed by atoms with van der Waals surface area (Å²) >= 11 is 9.29. The summed E-state index contributed by atoms with van der Waals surface area (Å²) in [5, 5.41) is 0.329. The van der Waals surface area contributed by atoms with Gasteiger partial charge in [0.2, 0.25) is 0 Å². The quantitative estimate of drug-likeness (QED) is 0.820. The molecule has 1 aromatic carbocycles. The van der Waals surface area contributed by atoms with Gasteiger partial charge in [0.15, 0.2) is 0 Å². The van der Waals surface area contributed by atoms with Gasteiger partial charge in [0.05, 0.1) is 10.7 Å². The fraction of sp³-hybridized carbons (Fsp3) is 0.231. The van der Waals surface area contributed by atoms with E-state index in [0.717, 1.165) is 10.2 Å². The van der Waals surface area contributed by atoms with E-state index in [0.29, 0.717) is 17.3 Å². The van der Waals surface area contributed by atoms with Crippen LogP contribution in [-0.2, 0) is 23.1 Å². The van der Waals surface area contributed by atoms with Crippen LogP contribution in [-0.4, -0.2) is 13.0 Å². The van der Waals surface area contributed by atoms with Crippen LogP contribution >= 0.6 is 27.5 Å². The lowest BCUT2D eigenvalue weighted by molar-refractivity contribution is 0.600. The van der Waals surface area contributed by atoms with Gasteiger partial charge in [-0.15, -0.1) is 0 Å². The smallest absolute Gasteiger partial charge is 0.263 e. The second-order valence-corrected chi connectivity index (χ2v) is 7.39. The minimum atomic E-state index is -3.71. The summed E-state index contributed by atoms with van der Waals surface area (Å²) in [6, 6.07) is 6.53. The van der Waals surface area contributed by atoms with Crippen LogP contribution in [0, 0.1) is 0 Å². The number of nitrogens with one attached hydrogen (secondary N) is 1. The summed E-state index contributed by atoms with van der Waals surface area (Å²) in [5.41, 5.74) is 6.70. The Labute approximate surface area is 137 Å². The lowest BCUT2D eigenvalue weighted by Gasteiger charge is -2.08. The summed E-state index contributed by atoms with van der Waals surface area (Å²) in [6.45, 7) is 2.86. The zero-order chi connectivity index (χ0) is 15.6. The first kappa shape index (κ1) is 16.4. The van der Waals surface area contributed by atoms with E-state index >= 15 is 0 Å². The molecule has 0 aliphatic rings. The van der Waals surface area contributed by atoms with Crippen LogP contribution in [0.5, 0.6) is 0 Å². The first-order valence-corrected chi connectivity index (χ1v) is 8.89. The highest BCUT2D eigenvalue weighted by molar-refractivity contribution is 9.10. The average Bonchev–Trinajstić information content (AvgIpc) is 2.86. The fourth-order valence-corrected chi connectivity index (χ4v) is 3.63. The first-order valence-electron chi connectivity index (χ1n) is 6.24. The molecule has 0 bridgehead atoms.